The molecule has 1 aromatic heterocycles. The minimum atomic E-state index is 0.865. The number of para-hydroxylation sites is 3. The van der Waals surface area contributed by atoms with Gasteiger partial charge < -0.3 is 14.2 Å². The molecule has 45 heavy (non-hydrogen) atoms. The van der Waals surface area contributed by atoms with Crippen LogP contribution in [-0.4, -0.2) is 4.57 Å². The molecule has 0 atom stereocenters. The molecule has 214 valence electrons. The molecule has 3 heteroatoms. The summed E-state index contributed by atoms with van der Waals surface area (Å²) in [5.41, 5.74) is 12.9. The molecule has 2 aliphatic rings. The van der Waals surface area contributed by atoms with E-state index in [4.69, 9.17) is 4.74 Å². The first kappa shape index (κ1) is 25.7. The van der Waals surface area contributed by atoms with Crippen molar-refractivity contribution in [2.45, 2.75) is 12.8 Å². The van der Waals surface area contributed by atoms with Gasteiger partial charge in [0.1, 0.15) is 0 Å². The lowest BCUT2D eigenvalue weighted by Gasteiger charge is -2.33. The summed E-state index contributed by atoms with van der Waals surface area (Å²) in [4.78, 5) is 2.33. The van der Waals surface area contributed by atoms with Gasteiger partial charge in [0.15, 0.2) is 11.5 Å². The molecular formula is C42H30N2O. The van der Waals surface area contributed by atoms with E-state index < -0.39 is 0 Å². The van der Waals surface area contributed by atoms with E-state index >= 15 is 0 Å². The van der Waals surface area contributed by atoms with Crippen molar-refractivity contribution in [2.24, 2.45) is 0 Å². The zero-order valence-electron chi connectivity index (χ0n) is 24.7. The zero-order valence-corrected chi connectivity index (χ0v) is 24.7. The van der Waals surface area contributed by atoms with Crippen molar-refractivity contribution in [1.29, 1.82) is 0 Å². The van der Waals surface area contributed by atoms with Crippen molar-refractivity contribution >= 4 is 34.0 Å². The maximum atomic E-state index is 6.63. The molecule has 6 aromatic carbocycles. The van der Waals surface area contributed by atoms with Gasteiger partial charge in [-0.2, -0.15) is 0 Å². The standard InChI is InChI=1S/C42H30N2O/c1-4-14-29(15-5-1)31-24-32(30-16-6-2-7-17-30)26-34(25-31)44-37-21-11-10-20-35(37)36-27-42-40(28-39(36)44)43(33-18-8-3-9-19-33)38-22-12-13-23-41(38)45-42/h1-9,11-19,21-28H,10,20H2. The normalized spacial score (nSPS) is 13.2. The fourth-order valence-corrected chi connectivity index (χ4v) is 6.95. The van der Waals surface area contributed by atoms with Crippen LogP contribution in [0.4, 0.5) is 17.1 Å². The number of fused-ring (bicyclic) bond motifs is 5. The number of benzene rings is 6. The number of ether oxygens (including phenoxy) is 1. The average molecular weight is 579 g/mol. The second-order valence-corrected chi connectivity index (χ2v) is 11.7. The number of rotatable bonds is 4. The second-order valence-electron chi connectivity index (χ2n) is 11.7. The first-order chi connectivity index (χ1) is 22.3. The Labute approximate surface area is 262 Å². The fourth-order valence-electron chi connectivity index (χ4n) is 6.95. The Morgan fingerprint density at radius 3 is 1.87 bits per heavy atom. The summed E-state index contributed by atoms with van der Waals surface area (Å²) < 4.78 is 9.09. The van der Waals surface area contributed by atoms with E-state index in [9.17, 15) is 0 Å². The number of allylic oxidation sites excluding steroid dienone is 1. The molecule has 0 fully saturated rings. The summed E-state index contributed by atoms with van der Waals surface area (Å²) in [6.45, 7) is 0. The quantitative estimate of drug-likeness (QED) is 0.207. The zero-order chi connectivity index (χ0) is 29.7. The molecule has 1 aliphatic carbocycles. The highest BCUT2D eigenvalue weighted by molar-refractivity contribution is 5.99. The minimum absolute atomic E-state index is 0.865. The second kappa shape index (κ2) is 10.4. The van der Waals surface area contributed by atoms with E-state index in [1.54, 1.807) is 0 Å². The van der Waals surface area contributed by atoms with Crippen molar-refractivity contribution in [3.63, 3.8) is 0 Å². The van der Waals surface area contributed by atoms with Crippen LogP contribution in [0.5, 0.6) is 11.5 Å². The van der Waals surface area contributed by atoms with Gasteiger partial charge in [-0.15, -0.1) is 0 Å². The molecule has 1 aliphatic heterocycles. The van der Waals surface area contributed by atoms with Crippen LogP contribution in [0.2, 0.25) is 0 Å². The van der Waals surface area contributed by atoms with Crippen molar-refractivity contribution < 1.29 is 4.74 Å². The third kappa shape index (κ3) is 4.28. The molecule has 0 bridgehead atoms. The van der Waals surface area contributed by atoms with Crippen LogP contribution in [0.15, 0.2) is 152 Å². The van der Waals surface area contributed by atoms with Gasteiger partial charge in [-0.3, -0.25) is 0 Å². The lowest BCUT2D eigenvalue weighted by Crippen LogP contribution is -2.15. The molecule has 0 saturated heterocycles. The number of hydrogen-bond donors (Lipinski definition) is 0. The molecule has 0 unspecified atom stereocenters. The molecule has 7 aromatic rings. The predicted octanol–water partition coefficient (Wildman–Crippen LogP) is 11.5. The Hall–Kier alpha value is -5.80. The monoisotopic (exact) mass is 578 g/mol. The van der Waals surface area contributed by atoms with E-state index in [0.717, 1.165) is 47.1 Å². The predicted molar refractivity (Wildman–Crippen MR) is 186 cm³/mol. The summed E-state index contributed by atoms with van der Waals surface area (Å²) >= 11 is 0. The molecule has 3 nitrogen and oxygen atoms in total. The van der Waals surface area contributed by atoms with E-state index in [1.165, 1.54) is 44.4 Å². The first-order valence-electron chi connectivity index (χ1n) is 15.6. The van der Waals surface area contributed by atoms with Crippen LogP contribution in [0, 0.1) is 0 Å². The maximum Gasteiger partial charge on any atom is 0.152 e. The average Bonchev–Trinajstić information content (AvgIpc) is 3.43. The third-order valence-corrected chi connectivity index (χ3v) is 9.00. The smallest absolute Gasteiger partial charge is 0.152 e. The SMILES string of the molecule is C1=Cc2c(c3cc4c(cc3n2-c2cc(-c3ccccc3)cc(-c3ccccc3)c2)N(c2ccccc2)c2ccccc2O4)CC1. The molecule has 0 N–H and O–H groups in total. The van der Waals surface area contributed by atoms with Crippen LogP contribution in [0.3, 0.4) is 0 Å². The highest BCUT2D eigenvalue weighted by Crippen LogP contribution is 2.52. The molecule has 0 saturated carbocycles. The third-order valence-electron chi connectivity index (χ3n) is 9.00. The van der Waals surface area contributed by atoms with Crippen molar-refractivity contribution in [2.75, 3.05) is 4.90 Å². The topological polar surface area (TPSA) is 17.4 Å². The molecule has 2 heterocycles. The van der Waals surface area contributed by atoms with Crippen LogP contribution >= 0.6 is 0 Å². The Morgan fingerprint density at radius 1 is 0.511 bits per heavy atom. The lowest BCUT2D eigenvalue weighted by atomic mass is 9.97. The van der Waals surface area contributed by atoms with Gasteiger partial charge >= 0.3 is 0 Å². The number of aryl methyl sites for hydroxylation is 1. The fraction of sp³-hybridized carbons (Fsp3) is 0.0476. The number of anilines is 3. The van der Waals surface area contributed by atoms with E-state index in [1.807, 2.05) is 6.07 Å². The van der Waals surface area contributed by atoms with Crippen molar-refractivity contribution in [3.8, 4) is 39.4 Å². The van der Waals surface area contributed by atoms with Crippen LogP contribution in [0.25, 0.3) is 44.9 Å². The Bertz CT molecular complexity index is 2170. The summed E-state index contributed by atoms with van der Waals surface area (Å²) in [6, 6.07) is 51.9. The number of nitrogens with zero attached hydrogens (tertiary/aromatic N) is 2. The molecule has 0 amide bonds. The number of aromatic nitrogens is 1. The molecule has 0 radical (unpaired) electrons. The minimum Gasteiger partial charge on any atom is -0.453 e. The Balaban J connectivity index is 1.33. The largest absolute Gasteiger partial charge is 0.453 e. The molecular weight excluding hydrogens is 548 g/mol. The van der Waals surface area contributed by atoms with E-state index in [-0.39, 0.29) is 0 Å². The summed E-state index contributed by atoms with van der Waals surface area (Å²) in [5.74, 6) is 1.74. The Morgan fingerprint density at radius 2 is 1.16 bits per heavy atom. The van der Waals surface area contributed by atoms with E-state index in [2.05, 4.69) is 161 Å². The maximum absolute atomic E-state index is 6.63. The highest BCUT2D eigenvalue weighted by Gasteiger charge is 2.29. The van der Waals surface area contributed by atoms with Gasteiger partial charge in [-0.25, -0.2) is 0 Å². The van der Waals surface area contributed by atoms with Crippen molar-refractivity contribution in [3.05, 3.63) is 163 Å². The molecule has 9 rings (SSSR count). The van der Waals surface area contributed by atoms with Crippen LogP contribution in [-0.2, 0) is 6.42 Å². The van der Waals surface area contributed by atoms with Crippen molar-refractivity contribution in [1.82, 2.24) is 4.57 Å². The lowest BCUT2D eigenvalue weighted by molar-refractivity contribution is 0.477. The van der Waals surface area contributed by atoms with Gasteiger partial charge in [0.2, 0.25) is 0 Å². The summed E-state index contributed by atoms with van der Waals surface area (Å²) in [6.07, 6.45) is 6.64. The first-order valence-corrected chi connectivity index (χ1v) is 15.6. The molecule has 0 spiro atoms. The summed E-state index contributed by atoms with van der Waals surface area (Å²) in [7, 11) is 0. The van der Waals surface area contributed by atoms with Gasteiger partial charge in [-0.1, -0.05) is 97.1 Å². The van der Waals surface area contributed by atoms with Gasteiger partial charge in [0.25, 0.3) is 0 Å². The van der Waals surface area contributed by atoms with Gasteiger partial charge in [0.05, 0.1) is 16.9 Å². The van der Waals surface area contributed by atoms with Gasteiger partial charge in [0, 0.05) is 22.5 Å². The van der Waals surface area contributed by atoms with Gasteiger partial charge in [-0.05, 0) is 101 Å². The highest BCUT2D eigenvalue weighted by atomic mass is 16.5. The van der Waals surface area contributed by atoms with Crippen LogP contribution < -0.4 is 9.64 Å². The number of hydrogen-bond acceptors (Lipinski definition) is 2. The summed E-state index contributed by atoms with van der Waals surface area (Å²) in [5, 5.41) is 1.24. The Kier molecular flexibility index (Phi) is 5.95. The van der Waals surface area contributed by atoms with E-state index in [0.29, 0.717) is 0 Å². The van der Waals surface area contributed by atoms with Crippen LogP contribution in [0.1, 0.15) is 17.7 Å².